The van der Waals surface area contributed by atoms with Gasteiger partial charge in [0.15, 0.2) is 11.6 Å². The fraction of sp³-hybridized carbons (Fsp3) is 0.474. The number of anilines is 4. The first-order valence-electron chi connectivity index (χ1n) is 9.75. The second kappa shape index (κ2) is 6.90. The van der Waals surface area contributed by atoms with E-state index in [2.05, 4.69) is 49.2 Å². The monoisotopic (exact) mass is 380 g/mol. The number of likely N-dealkylation sites (N-methyl/N-ethyl adjacent to an activating group) is 1. The van der Waals surface area contributed by atoms with Gasteiger partial charge < -0.3 is 14.7 Å². The summed E-state index contributed by atoms with van der Waals surface area (Å²) in [4.78, 5) is 35.0. The lowest BCUT2D eigenvalue weighted by molar-refractivity contribution is 0.254. The van der Waals surface area contributed by atoms with Crippen molar-refractivity contribution in [2.24, 2.45) is 0 Å². The van der Waals surface area contributed by atoms with Crippen LogP contribution < -0.4 is 20.0 Å². The summed E-state index contributed by atoms with van der Waals surface area (Å²) in [5.41, 5.74) is 1.03. The molecule has 0 aromatic carbocycles. The molecule has 2 bridgehead atoms. The van der Waals surface area contributed by atoms with Crippen molar-refractivity contribution in [2.75, 3.05) is 66.3 Å². The molecule has 0 saturated carbocycles. The van der Waals surface area contributed by atoms with E-state index in [9.17, 15) is 4.79 Å². The van der Waals surface area contributed by atoms with Gasteiger partial charge in [-0.1, -0.05) is 0 Å². The number of pyridine rings is 1. The molecule has 5 heterocycles. The minimum atomic E-state index is -0.198. The summed E-state index contributed by atoms with van der Waals surface area (Å²) >= 11 is 0. The van der Waals surface area contributed by atoms with E-state index in [-0.39, 0.29) is 12.1 Å². The molecule has 9 nitrogen and oxygen atoms in total. The summed E-state index contributed by atoms with van der Waals surface area (Å²) in [6.45, 7) is 5.72. The van der Waals surface area contributed by atoms with Crippen LogP contribution in [-0.2, 0) is 0 Å². The molecule has 0 spiro atoms. The van der Waals surface area contributed by atoms with Crippen LogP contribution in [0.25, 0.3) is 0 Å². The smallest absolute Gasteiger partial charge is 0.329 e. The molecule has 9 heteroatoms. The Kier molecular flexibility index (Phi) is 4.23. The molecule has 28 heavy (non-hydrogen) atoms. The van der Waals surface area contributed by atoms with Gasteiger partial charge in [-0.15, -0.1) is 0 Å². The highest BCUT2D eigenvalue weighted by molar-refractivity contribution is 6.04. The summed E-state index contributed by atoms with van der Waals surface area (Å²) in [5, 5.41) is 2.87. The van der Waals surface area contributed by atoms with E-state index in [4.69, 9.17) is 4.98 Å². The van der Waals surface area contributed by atoms with Crippen LogP contribution in [-0.4, -0.2) is 78.2 Å². The fourth-order valence-corrected chi connectivity index (χ4v) is 4.21. The molecule has 2 saturated heterocycles. The lowest BCUT2D eigenvalue weighted by Gasteiger charge is -2.37. The van der Waals surface area contributed by atoms with Gasteiger partial charge >= 0.3 is 6.03 Å². The average Bonchev–Trinajstić information content (AvgIpc) is 3.13. The molecular formula is C19H24N8O. The minimum Gasteiger partial charge on any atom is -0.366 e. The molecule has 3 aliphatic heterocycles. The van der Waals surface area contributed by atoms with Crippen LogP contribution in [0.1, 0.15) is 6.42 Å². The molecule has 0 aliphatic carbocycles. The number of rotatable bonds is 2. The van der Waals surface area contributed by atoms with Gasteiger partial charge in [0, 0.05) is 51.7 Å². The highest BCUT2D eigenvalue weighted by Crippen LogP contribution is 2.40. The maximum absolute atomic E-state index is 13.1. The minimum absolute atomic E-state index is 0.124. The quantitative estimate of drug-likeness (QED) is 0.840. The molecule has 2 aromatic rings. The highest BCUT2D eigenvalue weighted by atomic mass is 16.2. The van der Waals surface area contributed by atoms with Gasteiger partial charge in [0.05, 0.1) is 17.9 Å². The predicted octanol–water partition coefficient (Wildman–Crippen LogP) is 1.25. The number of hydrogen-bond acceptors (Lipinski definition) is 7. The normalized spacial score (nSPS) is 21.6. The van der Waals surface area contributed by atoms with Crippen molar-refractivity contribution in [3.05, 3.63) is 30.7 Å². The van der Waals surface area contributed by atoms with Crippen LogP contribution in [0, 0.1) is 0 Å². The van der Waals surface area contributed by atoms with Crippen LogP contribution in [0.3, 0.4) is 0 Å². The number of piperazine rings is 1. The van der Waals surface area contributed by atoms with Crippen molar-refractivity contribution in [1.82, 2.24) is 19.9 Å². The maximum Gasteiger partial charge on any atom is 0.329 e. The number of urea groups is 1. The van der Waals surface area contributed by atoms with E-state index in [1.54, 1.807) is 18.6 Å². The van der Waals surface area contributed by atoms with E-state index in [0.29, 0.717) is 5.82 Å². The Balaban J connectivity index is 1.46. The van der Waals surface area contributed by atoms with Crippen molar-refractivity contribution in [3.63, 3.8) is 0 Å². The van der Waals surface area contributed by atoms with Gasteiger partial charge in [-0.05, 0) is 25.6 Å². The van der Waals surface area contributed by atoms with Crippen molar-refractivity contribution < 1.29 is 4.79 Å². The van der Waals surface area contributed by atoms with E-state index in [1.807, 2.05) is 4.90 Å². The third-order valence-corrected chi connectivity index (χ3v) is 5.78. The Morgan fingerprint density at radius 1 is 1.11 bits per heavy atom. The first-order chi connectivity index (χ1) is 13.7. The van der Waals surface area contributed by atoms with Gasteiger partial charge in [-0.25, -0.2) is 14.8 Å². The molecule has 5 rings (SSSR count). The zero-order chi connectivity index (χ0) is 19.1. The van der Waals surface area contributed by atoms with Crippen LogP contribution in [0.15, 0.2) is 30.7 Å². The number of aromatic nitrogens is 3. The topological polar surface area (TPSA) is 80.7 Å². The second-order valence-electron chi connectivity index (χ2n) is 7.58. The number of carbonyl (C=O) groups is 1. The molecule has 2 aromatic heterocycles. The van der Waals surface area contributed by atoms with Crippen molar-refractivity contribution >= 4 is 29.2 Å². The molecule has 146 valence electrons. The molecule has 0 unspecified atom stereocenters. The number of hydrogen-bond donors (Lipinski definition) is 1. The first kappa shape index (κ1) is 17.2. The maximum atomic E-state index is 13.1. The SMILES string of the molecule is CN1CCN(c2ccc3c(n2)N(C(=O)Nc2cnccn2)[C@H]2CCN3C2)CC1. The van der Waals surface area contributed by atoms with E-state index in [1.165, 1.54) is 0 Å². The first-order valence-corrected chi connectivity index (χ1v) is 9.75. The van der Waals surface area contributed by atoms with Crippen LogP contribution >= 0.6 is 0 Å². The molecule has 1 atom stereocenters. The highest BCUT2D eigenvalue weighted by Gasteiger charge is 2.40. The third kappa shape index (κ3) is 3.01. The average molecular weight is 380 g/mol. The van der Waals surface area contributed by atoms with E-state index in [0.717, 1.165) is 63.0 Å². The zero-order valence-electron chi connectivity index (χ0n) is 16.0. The summed E-state index contributed by atoms with van der Waals surface area (Å²) in [6.07, 6.45) is 5.65. The van der Waals surface area contributed by atoms with Gasteiger partial charge in [0.2, 0.25) is 0 Å². The lowest BCUT2D eigenvalue weighted by atomic mass is 10.2. The Labute approximate surface area is 164 Å². The number of fused-ring (bicyclic) bond motifs is 4. The number of nitrogens with one attached hydrogen (secondary N) is 1. The zero-order valence-corrected chi connectivity index (χ0v) is 16.0. The number of amides is 2. The molecule has 0 radical (unpaired) electrons. The van der Waals surface area contributed by atoms with Crippen LogP contribution in [0.4, 0.5) is 27.9 Å². The van der Waals surface area contributed by atoms with Crippen LogP contribution in [0.5, 0.6) is 0 Å². The standard InChI is InChI=1S/C19H24N8O/c1-24-8-10-25(11-9-24)17-3-2-15-18(23-17)27(14-4-7-26(15)13-14)19(28)22-16-12-20-5-6-21-16/h2-3,5-6,12,14H,4,7-11,13H2,1H3,(H,21,22,28)/t14-/m0/s1. The van der Waals surface area contributed by atoms with Gasteiger partial charge in [0.1, 0.15) is 5.82 Å². The Morgan fingerprint density at radius 2 is 1.96 bits per heavy atom. The Bertz CT molecular complexity index is 867. The Morgan fingerprint density at radius 3 is 2.75 bits per heavy atom. The predicted molar refractivity (Wildman–Crippen MR) is 108 cm³/mol. The third-order valence-electron chi connectivity index (χ3n) is 5.78. The van der Waals surface area contributed by atoms with E-state index >= 15 is 0 Å². The van der Waals surface area contributed by atoms with Crippen molar-refractivity contribution in [2.45, 2.75) is 12.5 Å². The number of carbonyl (C=O) groups excluding carboxylic acids is 1. The lowest BCUT2D eigenvalue weighted by Crippen LogP contribution is -2.49. The largest absolute Gasteiger partial charge is 0.366 e. The van der Waals surface area contributed by atoms with Crippen molar-refractivity contribution in [1.29, 1.82) is 0 Å². The van der Waals surface area contributed by atoms with Gasteiger partial charge in [-0.2, -0.15) is 0 Å². The van der Waals surface area contributed by atoms with E-state index < -0.39 is 0 Å². The summed E-state index contributed by atoms with van der Waals surface area (Å²) in [5.74, 6) is 2.13. The summed E-state index contributed by atoms with van der Waals surface area (Å²) < 4.78 is 0. The molecular weight excluding hydrogens is 356 g/mol. The van der Waals surface area contributed by atoms with Crippen LogP contribution in [0.2, 0.25) is 0 Å². The summed E-state index contributed by atoms with van der Waals surface area (Å²) in [6, 6.07) is 4.12. The molecule has 1 N–H and O–H groups in total. The Hall–Kier alpha value is -2.94. The van der Waals surface area contributed by atoms with Gasteiger partial charge in [-0.3, -0.25) is 15.2 Å². The fourth-order valence-electron chi connectivity index (χ4n) is 4.21. The molecule has 2 amide bonds. The van der Waals surface area contributed by atoms with Crippen molar-refractivity contribution in [3.8, 4) is 0 Å². The molecule has 2 fully saturated rings. The number of nitrogens with zero attached hydrogens (tertiary/aromatic N) is 7. The second-order valence-corrected chi connectivity index (χ2v) is 7.58. The summed E-state index contributed by atoms with van der Waals surface area (Å²) in [7, 11) is 2.14. The van der Waals surface area contributed by atoms with Gasteiger partial charge in [0.25, 0.3) is 0 Å². The molecule has 3 aliphatic rings.